The zero-order chi connectivity index (χ0) is 21.0. The van der Waals surface area contributed by atoms with Crippen LogP contribution in [0.25, 0.3) is 0 Å². The van der Waals surface area contributed by atoms with Crippen molar-refractivity contribution in [1.82, 2.24) is 9.62 Å². The Morgan fingerprint density at radius 3 is 2.45 bits per heavy atom. The van der Waals surface area contributed by atoms with Gasteiger partial charge in [0.2, 0.25) is 10.0 Å². The van der Waals surface area contributed by atoms with Gasteiger partial charge in [-0.3, -0.25) is 9.59 Å². The number of aryl methyl sites for hydroxylation is 1. The molecule has 1 atom stereocenters. The van der Waals surface area contributed by atoms with Gasteiger partial charge in [0.15, 0.2) is 6.10 Å². The summed E-state index contributed by atoms with van der Waals surface area (Å²) in [4.78, 5) is 26.4. The molecule has 1 heterocycles. The molecule has 0 spiro atoms. The molecule has 0 unspecified atom stereocenters. The minimum Gasteiger partial charge on any atom is -0.452 e. The van der Waals surface area contributed by atoms with Crippen molar-refractivity contribution >= 4 is 21.9 Å². The van der Waals surface area contributed by atoms with E-state index >= 15 is 0 Å². The fourth-order valence-corrected chi connectivity index (χ4v) is 4.15. The van der Waals surface area contributed by atoms with Gasteiger partial charge in [0.05, 0.1) is 4.90 Å². The third-order valence-electron chi connectivity index (χ3n) is 4.84. The highest BCUT2D eigenvalue weighted by molar-refractivity contribution is 7.89. The molecule has 0 aliphatic carbocycles. The van der Waals surface area contributed by atoms with Crippen LogP contribution in [-0.2, 0) is 37.3 Å². The van der Waals surface area contributed by atoms with Crippen molar-refractivity contribution in [3.63, 3.8) is 0 Å². The molecular weight excluding hydrogens is 392 g/mol. The van der Waals surface area contributed by atoms with Crippen LogP contribution in [0.3, 0.4) is 0 Å². The molecule has 0 saturated carbocycles. The first-order chi connectivity index (χ1) is 13.8. The van der Waals surface area contributed by atoms with E-state index in [2.05, 4.69) is 4.72 Å². The van der Waals surface area contributed by atoms with E-state index in [0.717, 1.165) is 17.5 Å². The van der Waals surface area contributed by atoms with E-state index in [1.54, 1.807) is 17.0 Å². The van der Waals surface area contributed by atoms with Crippen molar-refractivity contribution in [2.45, 2.75) is 37.8 Å². The van der Waals surface area contributed by atoms with Crippen molar-refractivity contribution in [2.75, 3.05) is 13.1 Å². The van der Waals surface area contributed by atoms with Crippen LogP contribution in [0.1, 0.15) is 23.6 Å². The summed E-state index contributed by atoms with van der Waals surface area (Å²) in [5.41, 5.74) is 3.22. The molecule has 0 radical (unpaired) electrons. The Labute approximate surface area is 170 Å². The van der Waals surface area contributed by atoms with Crippen LogP contribution in [0.15, 0.2) is 53.4 Å². The third kappa shape index (κ3) is 5.21. The normalized spacial score (nSPS) is 14.8. The highest BCUT2D eigenvalue weighted by Crippen LogP contribution is 2.19. The van der Waals surface area contributed by atoms with Crippen molar-refractivity contribution in [3.8, 4) is 0 Å². The zero-order valence-electron chi connectivity index (χ0n) is 16.4. The molecule has 1 amide bonds. The fourth-order valence-electron chi connectivity index (χ4n) is 3.18. The average Bonchev–Trinajstić information content (AvgIpc) is 2.71. The monoisotopic (exact) mass is 416 g/mol. The van der Waals surface area contributed by atoms with Gasteiger partial charge in [-0.2, -0.15) is 4.72 Å². The van der Waals surface area contributed by atoms with Gasteiger partial charge in [0, 0.05) is 13.1 Å². The summed E-state index contributed by atoms with van der Waals surface area (Å²) in [6, 6.07) is 14.2. The van der Waals surface area contributed by atoms with E-state index in [0.29, 0.717) is 13.1 Å². The quantitative estimate of drug-likeness (QED) is 0.725. The third-order valence-corrected chi connectivity index (χ3v) is 6.25. The van der Waals surface area contributed by atoms with Crippen molar-refractivity contribution < 1.29 is 22.7 Å². The number of esters is 1. The molecule has 1 aliphatic rings. The highest BCUT2D eigenvalue weighted by atomic mass is 32.2. The van der Waals surface area contributed by atoms with E-state index in [9.17, 15) is 18.0 Å². The maximum absolute atomic E-state index is 12.6. The first-order valence-corrected chi connectivity index (χ1v) is 10.9. The summed E-state index contributed by atoms with van der Waals surface area (Å²) in [6.07, 6.45) is -0.240. The first kappa shape index (κ1) is 21.0. The van der Waals surface area contributed by atoms with Crippen LogP contribution < -0.4 is 4.72 Å². The molecule has 0 saturated heterocycles. The van der Waals surface area contributed by atoms with Gasteiger partial charge in [-0.15, -0.1) is 0 Å². The zero-order valence-corrected chi connectivity index (χ0v) is 17.2. The smallest absolute Gasteiger partial charge is 0.321 e. The molecule has 8 heteroatoms. The number of nitrogens with zero attached hydrogens (tertiary/aromatic N) is 1. The average molecular weight is 416 g/mol. The summed E-state index contributed by atoms with van der Waals surface area (Å²) in [5.74, 6) is -1.10. The first-order valence-electron chi connectivity index (χ1n) is 9.37. The van der Waals surface area contributed by atoms with Crippen LogP contribution in [0.4, 0.5) is 0 Å². The van der Waals surface area contributed by atoms with Crippen LogP contribution in [-0.4, -0.2) is 44.4 Å². The van der Waals surface area contributed by atoms with Crippen LogP contribution in [0, 0.1) is 6.92 Å². The number of carbonyl (C=O) groups excluding carboxylic acids is 2. The summed E-state index contributed by atoms with van der Waals surface area (Å²) in [5, 5.41) is 0. The van der Waals surface area contributed by atoms with Gasteiger partial charge >= 0.3 is 5.97 Å². The molecule has 7 nitrogen and oxygen atoms in total. The number of fused-ring (bicyclic) bond motifs is 1. The van der Waals surface area contributed by atoms with E-state index in [4.69, 9.17) is 4.74 Å². The van der Waals surface area contributed by atoms with Crippen molar-refractivity contribution in [3.05, 3.63) is 65.2 Å². The fraction of sp³-hybridized carbons (Fsp3) is 0.333. The second kappa shape index (κ2) is 8.75. The molecule has 1 N–H and O–H groups in total. The van der Waals surface area contributed by atoms with Gasteiger partial charge in [-0.25, -0.2) is 8.42 Å². The van der Waals surface area contributed by atoms with E-state index in [-0.39, 0.29) is 10.8 Å². The van der Waals surface area contributed by atoms with Crippen LogP contribution >= 0.6 is 0 Å². The molecular formula is C21H24N2O5S. The summed E-state index contributed by atoms with van der Waals surface area (Å²) < 4.78 is 31.8. The minimum atomic E-state index is -3.83. The largest absolute Gasteiger partial charge is 0.452 e. The van der Waals surface area contributed by atoms with Gasteiger partial charge < -0.3 is 9.64 Å². The maximum atomic E-state index is 12.6. The van der Waals surface area contributed by atoms with Gasteiger partial charge in [0.25, 0.3) is 5.91 Å². The van der Waals surface area contributed by atoms with E-state index in [1.807, 2.05) is 31.2 Å². The number of nitrogens with one attached hydrogen (secondary N) is 1. The number of benzene rings is 2. The number of hydrogen-bond donors (Lipinski definition) is 1. The lowest BCUT2D eigenvalue weighted by Gasteiger charge is -2.30. The molecule has 1 aliphatic heterocycles. The summed E-state index contributed by atoms with van der Waals surface area (Å²) in [6.45, 7) is 3.82. The number of sulfonamides is 1. The number of rotatable bonds is 6. The Balaban J connectivity index is 1.52. The van der Waals surface area contributed by atoms with Gasteiger partial charge in [-0.1, -0.05) is 42.0 Å². The summed E-state index contributed by atoms with van der Waals surface area (Å²) in [7, 11) is -3.83. The molecule has 2 aromatic carbocycles. The number of ether oxygens (including phenoxy) is 1. The lowest BCUT2D eigenvalue weighted by atomic mass is 9.99. The number of carbonyl (C=O) groups is 2. The molecule has 0 aromatic heterocycles. The van der Waals surface area contributed by atoms with E-state index in [1.165, 1.54) is 24.6 Å². The second-order valence-corrected chi connectivity index (χ2v) is 8.82. The predicted octanol–water partition coefficient (Wildman–Crippen LogP) is 1.79. The Morgan fingerprint density at radius 1 is 1.10 bits per heavy atom. The molecule has 0 bridgehead atoms. The number of amides is 1. The summed E-state index contributed by atoms with van der Waals surface area (Å²) >= 11 is 0. The van der Waals surface area contributed by atoms with Gasteiger partial charge in [0.1, 0.15) is 6.54 Å². The van der Waals surface area contributed by atoms with Crippen molar-refractivity contribution in [1.29, 1.82) is 0 Å². The Kier molecular flexibility index (Phi) is 6.34. The molecule has 0 fully saturated rings. The van der Waals surface area contributed by atoms with Crippen LogP contribution in [0.2, 0.25) is 0 Å². The SMILES string of the molecule is Cc1ccc(S(=O)(=O)NCC(=O)O[C@H](C)C(=O)N2CCc3ccccc3C2)cc1. The second-order valence-electron chi connectivity index (χ2n) is 7.05. The highest BCUT2D eigenvalue weighted by Gasteiger charge is 2.27. The Morgan fingerprint density at radius 2 is 1.76 bits per heavy atom. The molecule has 154 valence electrons. The molecule has 3 rings (SSSR count). The van der Waals surface area contributed by atoms with Crippen LogP contribution in [0.5, 0.6) is 0 Å². The topological polar surface area (TPSA) is 92.8 Å². The Hall–Kier alpha value is -2.71. The van der Waals surface area contributed by atoms with E-state index < -0.39 is 28.6 Å². The van der Waals surface area contributed by atoms with Gasteiger partial charge in [-0.05, 0) is 43.5 Å². The minimum absolute atomic E-state index is 0.0620. The Bertz CT molecular complexity index is 1000. The standard InChI is InChI=1S/C21H24N2O5S/c1-15-7-9-19(10-8-15)29(26,27)22-13-20(24)28-16(2)21(25)23-12-11-17-5-3-4-6-18(17)14-23/h3-10,16,22H,11-14H2,1-2H3/t16-/m1/s1. The predicted molar refractivity (Wildman–Crippen MR) is 107 cm³/mol. The molecule has 29 heavy (non-hydrogen) atoms. The number of hydrogen-bond acceptors (Lipinski definition) is 5. The van der Waals surface area contributed by atoms with Crippen molar-refractivity contribution in [2.24, 2.45) is 0 Å². The lowest BCUT2D eigenvalue weighted by Crippen LogP contribution is -2.43. The lowest BCUT2D eigenvalue weighted by molar-refractivity contribution is -0.158. The maximum Gasteiger partial charge on any atom is 0.321 e. The molecule has 2 aromatic rings.